The second kappa shape index (κ2) is 6.56. The Labute approximate surface area is 133 Å². The minimum Gasteiger partial charge on any atom is -0.309 e. The molecule has 1 atom stereocenters. The van der Waals surface area contributed by atoms with Gasteiger partial charge in [0.25, 0.3) is 0 Å². The van der Waals surface area contributed by atoms with Gasteiger partial charge in [-0.3, -0.25) is 4.98 Å². The van der Waals surface area contributed by atoms with Crippen molar-refractivity contribution in [2.24, 2.45) is 0 Å². The molecule has 2 heterocycles. The van der Waals surface area contributed by atoms with Crippen molar-refractivity contribution >= 4 is 33.8 Å². The molecule has 21 heavy (non-hydrogen) atoms. The molecule has 0 fully saturated rings. The molecule has 0 bridgehead atoms. The lowest BCUT2D eigenvalue weighted by Crippen LogP contribution is -2.20. The fourth-order valence-electron chi connectivity index (χ4n) is 2.45. The number of rotatable bonds is 5. The molecule has 0 spiro atoms. The molecule has 2 aromatic heterocycles. The molecule has 0 aliphatic rings. The zero-order valence-electron chi connectivity index (χ0n) is 11.8. The van der Waals surface area contributed by atoms with Gasteiger partial charge in [0.05, 0.1) is 9.85 Å². The minimum atomic E-state index is 0.324. The summed E-state index contributed by atoms with van der Waals surface area (Å²) in [4.78, 5) is 5.77. The monoisotopic (exact) mass is 316 g/mol. The van der Waals surface area contributed by atoms with E-state index in [1.807, 2.05) is 18.3 Å². The first-order chi connectivity index (χ1) is 10.2. The van der Waals surface area contributed by atoms with Gasteiger partial charge < -0.3 is 5.32 Å². The van der Waals surface area contributed by atoms with E-state index in [-0.39, 0.29) is 0 Å². The van der Waals surface area contributed by atoms with E-state index in [1.165, 1.54) is 15.8 Å². The third-order valence-electron chi connectivity index (χ3n) is 3.58. The van der Waals surface area contributed by atoms with Crippen LogP contribution in [-0.4, -0.2) is 11.5 Å². The molecule has 1 N–H and O–H groups in total. The molecule has 108 valence electrons. The van der Waals surface area contributed by atoms with E-state index in [9.17, 15) is 0 Å². The van der Waals surface area contributed by atoms with Crippen molar-refractivity contribution in [1.29, 1.82) is 0 Å². The summed E-state index contributed by atoms with van der Waals surface area (Å²) in [5.41, 5.74) is 2.39. The molecular formula is C17H17ClN2S. The molecular weight excluding hydrogens is 300 g/mol. The number of halogens is 1. The predicted molar refractivity (Wildman–Crippen MR) is 91.2 cm³/mol. The van der Waals surface area contributed by atoms with Crippen LogP contribution in [0, 0.1) is 0 Å². The first-order valence-corrected chi connectivity index (χ1v) is 8.25. The van der Waals surface area contributed by atoms with Crippen molar-refractivity contribution < 1.29 is 0 Å². The van der Waals surface area contributed by atoms with Crippen molar-refractivity contribution in [2.45, 2.75) is 19.4 Å². The maximum atomic E-state index is 5.98. The fourth-order valence-corrected chi connectivity index (χ4v) is 3.54. The maximum absolute atomic E-state index is 5.98. The van der Waals surface area contributed by atoms with Gasteiger partial charge in [0.1, 0.15) is 0 Å². The molecule has 0 saturated carbocycles. The Morgan fingerprint density at radius 3 is 2.86 bits per heavy atom. The van der Waals surface area contributed by atoms with E-state index in [0.717, 1.165) is 22.8 Å². The maximum Gasteiger partial charge on any atom is 0.0931 e. The quantitative estimate of drug-likeness (QED) is 0.728. The van der Waals surface area contributed by atoms with Crippen molar-refractivity contribution in [3.05, 3.63) is 63.4 Å². The zero-order chi connectivity index (χ0) is 14.7. The molecule has 3 aromatic rings. The molecule has 1 unspecified atom stereocenters. The Kier molecular flexibility index (Phi) is 4.54. The van der Waals surface area contributed by atoms with Gasteiger partial charge in [-0.05, 0) is 43.7 Å². The molecule has 0 radical (unpaired) electrons. The van der Waals surface area contributed by atoms with E-state index in [4.69, 9.17) is 11.6 Å². The number of nitrogens with one attached hydrogen (secondary N) is 1. The number of benzene rings is 1. The van der Waals surface area contributed by atoms with E-state index < -0.39 is 0 Å². The van der Waals surface area contributed by atoms with Crippen molar-refractivity contribution in [1.82, 2.24) is 10.3 Å². The summed E-state index contributed by atoms with van der Waals surface area (Å²) in [6.07, 6.45) is 2.83. The highest BCUT2D eigenvalue weighted by molar-refractivity contribution is 7.16. The summed E-state index contributed by atoms with van der Waals surface area (Å²) in [7, 11) is 0. The highest BCUT2D eigenvalue weighted by atomic mass is 35.5. The van der Waals surface area contributed by atoms with E-state index in [1.54, 1.807) is 11.3 Å². The standard InChI is InChI=1S/C17H17ClN2S/c1-12(15-7-8-16(18)21-15)19-11-9-14-5-2-4-13-6-3-10-20-17(13)14/h2-8,10,12,19H,9,11H2,1H3. The summed E-state index contributed by atoms with van der Waals surface area (Å²) >= 11 is 7.62. The topological polar surface area (TPSA) is 24.9 Å². The van der Waals surface area contributed by atoms with Gasteiger partial charge in [0, 0.05) is 22.5 Å². The van der Waals surface area contributed by atoms with Crippen LogP contribution in [0.25, 0.3) is 10.9 Å². The van der Waals surface area contributed by atoms with Crippen LogP contribution in [0.15, 0.2) is 48.7 Å². The number of para-hydroxylation sites is 1. The molecule has 3 rings (SSSR count). The van der Waals surface area contributed by atoms with Crippen LogP contribution in [-0.2, 0) is 6.42 Å². The Hall–Kier alpha value is -1.42. The van der Waals surface area contributed by atoms with Crippen LogP contribution in [0.2, 0.25) is 4.34 Å². The first kappa shape index (κ1) is 14.5. The number of nitrogens with zero attached hydrogens (tertiary/aromatic N) is 1. The molecule has 0 aliphatic heterocycles. The van der Waals surface area contributed by atoms with E-state index in [2.05, 4.69) is 47.6 Å². The number of hydrogen-bond donors (Lipinski definition) is 1. The average Bonchev–Trinajstić information content (AvgIpc) is 2.94. The Morgan fingerprint density at radius 2 is 2.05 bits per heavy atom. The van der Waals surface area contributed by atoms with Crippen molar-refractivity contribution in [3.8, 4) is 0 Å². The lowest BCUT2D eigenvalue weighted by atomic mass is 10.1. The lowest BCUT2D eigenvalue weighted by molar-refractivity contribution is 0.585. The Bertz CT molecular complexity index is 733. The Morgan fingerprint density at radius 1 is 1.19 bits per heavy atom. The number of fused-ring (bicyclic) bond motifs is 1. The fraction of sp³-hybridized carbons (Fsp3) is 0.235. The summed E-state index contributed by atoms with van der Waals surface area (Å²) in [6.45, 7) is 3.09. The van der Waals surface area contributed by atoms with Gasteiger partial charge in [0.2, 0.25) is 0 Å². The molecule has 1 aromatic carbocycles. The summed E-state index contributed by atoms with van der Waals surface area (Å²) in [6, 6.07) is 14.8. The van der Waals surface area contributed by atoms with Crippen molar-refractivity contribution in [3.63, 3.8) is 0 Å². The number of aromatic nitrogens is 1. The first-order valence-electron chi connectivity index (χ1n) is 7.05. The smallest absolute Gasteiger partial charge is 0.0931 e. The number of hydrogen-bond acceptors (Lipinski definition) is 3. The van der Waals surface area contributed by atoms with Crippen LogP contribution in [0.4, 0.5) is 0 Å². The van der Waals surface area contributed by atoms with Gasteiger partial charge >= 0.3 is 0 Å². The van der Waals surface area contributed by atoms with Crippen LogP contribution in [0.5, 0.6) is 0 Å². The average molecular weight is 317 g/mol. The van der Waals surface area contributed by atoms with Gasteiger partial charge in [-0.2, -0.15) is 0 Å². The van der Waals surface area contributed by atoms with Crippen LogP contribution in [0.3, 0.4) is 0 Å². The van der Waals surface area contributed by atoms with Crippen LogP contribution < -0.4 is 5.32 Å². The Balaban J connectivity index is 1.64. The van der Waals surface area contributed by atoms with Gasteiger partial charge in [-0.1, -0.05) is 35.9 Å². The van der Waals surface area contributed by atoms with Gasteiger partial charge in [0.15, 0.2) is 0 Å². The molecule has 4 heteroatoms. The molecule has 0 saturated heterocycles. The lowest BCUT2D eigenvalue weighted by Gasteiger charge is -2.12. The van der Waals surface area contributed by atoms with Crippen LogP contribution in [0.1, 0.15) is 23.4 Å². The third kappa shape index (κ3) is 3.43. The summed E-state index contributed by atoms with van der Waals surface area (Å²) in [5.74, 6) is 0. The zero-order valence-corrected chi connectivity index (χ0v) is 13.4. The molecule has 0 amide bonds. The largest absolute Gasteiger partial charge is 0.309 e. The number of pyridine rings is 1. The second-order valence-electron chi connectivity index (χ2n) is 5.06. The number of thiophene rings is 1. The molecule has 2 nitrogen and oxygen atoms in total. The normalized spacial score (nSPS) is 12.7. The predicted octanol–water partition coefficient (Wildman–Crippen LogP) is 4.84. The van der Waals surface area contributed by atoms with Crippen LogP contribution >= 0.6 is 22.9 Å². The summed E-state index contributed by atoms with van der Waals surface area (Å²) in [5, 5.41) is 4.75. The minimum absolute atomic E-state index is 0.324. The van der Waals surface area contributed by atoms with E-state index in [0.29, 0.717) is 6.04 Å². The molecule has 0 aliphatic carbocycles. The SMILES string of the molecule is CC(NCCc1cccc2cccnc12)c1ccc(Cl)s1. The van der Waals surface area contributed by atoms with Gasteiger partial charge in [-0.15, -0.1) is 11.3 Å². The summed E-state index contributed by atoms with van der Waals surface area (Å²) < 4.78 is 0.844. The highest BCUT2D eigenvalue weighted by Crippen LogP contribution is 2.26. The van der Waals surface area contributed by atoms with Crippen molar-refractivity contribution in [2.75, 3.05) is 6.54 Å². The van der Waals surface area contributed by atoms with E-state index >= 15 is 0 Å². The second-order valence-corrected chi connectivity index (χ2v) is 6.81. The highest BCUT2D eigenvalue weighted by Gasteiger charge is 2.08. The van der Waals surface area contributed by atoms with Gasteiger partial charge in [-0.25, -0.2) is 0 Å². The third-order valence-corrected chi connectivity index (χ3v) is 5.00.